The fourth-order valence-corrected chi connectivity index (χ4v) is 4.05. The van der Waals surface area contributed by atoms with Crippen LogP contribution in [0, 0.1) is 0 Å². The van der Waals surface area contributed by atoms with Crippen molar-refractivity contribution in [3.05, 3.63) is 54.1 Å². The summed E-state index contributed by atoms with van der Waals surface area (Å²) >= 11 is 0.965. The average molecular weight is 389 g/mol. The number of hydrogen-bond donors (Lipinski definition) is 1. The van der Waals surface area contributed by atoms with E-state index in [2.05, 4.69) is 13.5 Å². The number of sulfonamides is 1. The van der Waals surface area contributed by atoms with Gasteiger partial charge in [-0.15, -0.1) is 0 Å². The van der Waals surface area contributed by atoms with E-state index in [-0.39, 0.29) is 4.90 Å². The number of aromatic nitrogens is 2. The molecule has 0 bridgehead atoms. The molecule has 0 aliphatic heterocycles. The SMILES string of the molecule is CCOC(=O)/C=C/c1ccc(NS(=O)(=O)c2cccc3nsnc23)cc1. The van der Waals surface area contributed by atoms with Crippen molar-refractivity contribution in [2.24, 2.45) is 0 Å². The zero-order valence-corrected chi connectivity index (χ0v) is 15.4. The van der Waals surface area contributed by atoms with Crippen LogP contribution in [-0.2, 0) is 19.6 Å². The number of anilines is 1. The Morgan fingerprint density at radius 2 is 1.96 bits per heavy atom. The van der Waals surface area contributed by atoms with Gasteiger partial charge in [-0.3, -0.25) is 4.72 Å². The van der Waals surface area contributed by atoms with Gasteiger partial charge in [0.2, 0.25) is 0 Å². The summed E-state index contributed by atoms with van der Waals surface area (Å²) < 4.78 is 40.7. The van der Waals surface area contributed by atoms with Crippen LogP contribution in [0.2, 0.25) is 0 Å². The van der Waals surface area contributed by atoms with E-state index in [1.807, 2.05) is 0 Å². The number of carbonyl (C=O) groups excluding carboxylic acids is 1. The van der Waals surface area contributed by atoms with Crippen molar-refractivity contribution in [3.63, 3.8) is 0 Å². The van der Waals surface area contributed by atoms with Crippen LogP contribution in [0.3, 0.4) is 0 Å². The molecule has 26 heavy (non-hydrogen) atoms. The summed E-state index contributed by atoms with van der Waals surface area (Å²) in [6, 6.07) is 11.4. The van der Waals surface area contributed by atoms with Crippen LogP contribution in [0.5, 0.6) is 0 Å². The molecule has 1 N–H and O–H groups in total. The van der Waals surface area contributed by atoms with Gasteiger partial charge in [-0.25, -0.2) is 13.2 Å². The first kappa shape index (κ1) is 18.0. The number of carbonyl (C=O) groups is 1. The van der Waals surface area contributed by atoms with Crippen LogP contribution >= 0.6 is 11.7 Å². The Kier molecular flexibility index (Phi) is 5.29. The molecule has 134 valence electrons. The van der Waals surface area contributed by atoms with E-state index in [4.69, 9.17) is 4.74 Å². The maximum Gasteiger partial charge on any atom is 0.330 e. The highest BCUT2D eigenvalue weighted by Crippen LogP contribution is 2.23. The zero-order chi connectivity index (χ0) is 18.6. The number of nitrogens with zero attached hydrogens (tertiary/aromatic N) is 2. The summed E-state index contributed by atoms with van der Waals surface area (Å²) in [5, 5.41) is 0. The average Bonchev–Trinajstić information content (AvgIpc) is 3.09. The molecule has 0 unspecified atom stereocenters. The predicted octanol–water partition coefficient (Wildman–Crippen LogP) is 3.07. The molecule has 0 atom stereocenters. The van der Waals surface area contributed by atoms with Gasteiger partial charge in [-0.2, -0.15) is 8.75 Å². The Morgan fingerprint density at radius 1 is 1.19 bits per heavy atom. The van der Waals surface area contributed by atoms with Gasteiger partial charge < -0.3 is 4.74 Å². The Morgan fingerprint density at radius 3 is 2.69 bits per heavy atom. The fourth-order valence-electron chi connectivity index (χ4n) is 2.23. The van der Waals surface area contributed by atoms with Crippen molar-refractivity contribution < 1.29 is 17.9 Å². The highest BCUT2D eigenvalue weighted by molar-refractivity contribution is 7.93. The molecule has 9 heteroatoms. The summed E-state index contributed by atoms with van der Waals surface area (Å²) in [6.07, 6.45) is 2.91. The monoisotopic (exact) mass is 389 g/mol. The Labute approximate surface area is 154 Å². The van der Waals surface area contributed by atoms with Crippen LogP contribution in [0.4, 0.5) is 5.69 Å². The second kappa shape index (κ2) is 7.63. The maximum absolute atomic E-state index is 12.6. The van der Waals surface area contributed by atoms with E-state index in [9.17, 15) is 13.2 Å². The summed E-state index contributed by atoms with van der Waals surface area (Å²) in [5.41, 5.74) is 2.03. The van der Waals surface area contributed by atoms with E-state index in [0.717, 1.165) is 17.3 Å². The minimum absolute atomic E-state index is 0.0787. The minimum Gasteiger partial charge on any atom is -0.463 e. The third kappa shape index (κ3) is 4.06. The lowest BCUT2D eigenvalue weighted by Crippen LogP contribution is -2.13. The molecular formula is C17H15N3O4S2. The highest BCUT2D eigenvalue weighted by Gasteiger charge is 2.19. The molecule has 0 amide bonds. The van der Waals surface area contributed by atoms with Crippen molar-refractivity contribution in [2.75, 3.05) is 11.3 Å². The molecule has 0 spiro atoms. The van der Waals surface area contributed by atoms with Crippen LogP contribution in [0.25, 0.3) is 17.1 Å². The number of ether oxygens (including phenoxy) is 1. The largest absolute Gasteiger partial charge is 0.463 e. The molecule has 0 aliphatic carbocycles. The molecule has 0 radical (unpaired) electrons. The first-order chi connectivity index (χ1) is 12.5. The van der Waals surface area contributed by atoms with Gasteiger partial charge in [0.1, 0.15) is 15.9 Å². The highest BCUT2D eigenvalue weighted by atomic mass is 32.2. The van der Waals surface area contributed by atoms with Gasteiger partial charge >= 0.3 is 5.97 Å². The quantitative estimate of drug-likeness (QED) is 0.514. The summed E-state index contributed by atoms with van der Waals surface area (Å²) in [4.78, 5) is 11.4. The molecule has 0 saturated heterocycles. The van der Waals surface area contributed by atoms with Gasteiger partial charge in [0.05, 0.1) is 18.3 Å². The standard InChI is InChI=1S/C17H15N3O4S2/c1-2-24-16(21)11-8-12-6-9-13(10-7-12)20-26(22,23)15-5-3-4-14-17(15)19-25-18-14/h3-11,20H,2H2,1H3/b11-8+. The lowest BCUT2D eigenvalue weighted by Gasteiger charge is -2.08. The van der Waals surface area contributed by atoms with E-state index in [0.29, 0.717) is 23.3 Å². The zero-order valence-electron chi connectivity index (χ0n) is 13.7. The smallest absolute Gasteiger partial charge is 0.330 e. The molecule has 2 aromatic carbocycles. The number of benzene rings is 2. The van der Waals surface area contributed by atoms with Crippen molar-refractivity contribution in [3.8, 4) is 0 Å². The summed E-state index contributed by atoms with van der Waals surface area (Å²) in [7, 11) is -3.79. The molecule has 0 fully saturated rings. The third-order valence-electron chi connectivity index (χ3n) is 3.40. The summed E-state index contributed by atoms with van der Waals surface area (Å²) in [5.74, 6) is -0.428. The van der Waals surface area contributed by atoms with Gasteiger partial charge in [-0.1, -0.05) is 18.2 Å². The van der Waals surface area contributed by atoms with E-state index < -0.39 is 16.0 Å². The lowest BCUT2D eigenvalue weighted by atomic mass is 10.2. The van der Waals surface area contributed by atoms with Crippen LogP contribution < -0.4 is 4.72 Å². The van der Waals surface area contributed by atoms with E-state index in [1.165, 1.54) is 12.1 Å². The maximum atomic E-state index is 12.6. The molecule has 1 aromatic heterocycles. The Balaban J connectivity index is 1.78. The van der Waals surface area contributed by atoms with E-state index in [1.54, 1.807) is 49.4 Å². The van der Waals surface area contributed by atoms with E-state index >= 15 is 0 Å². The van der Waals surface area contributed by atoms with Crippen molar-refractivity contribution >= 4 is 50.5 Å². The second-order valence-electron chi connectivity index (χ2n) is 5.20. The van der Waals surface area contributed by atoms with Crippen molar-refractivity contribution in [1.82, 2.24) is 8.75 Å². The van der Waals surface area contributed by atoms with Crippen molar-refractivity contribution in [1.29, 1.82) is 0 Å². The van der Waals surface area contributed by atoms with Gasteiger partial charge in [0.25, 0.3) is 10.0 Å². The number of hydrogen-bond acceptors (Lipinski definition) is 7. The van der Waals surface area contributed by atoms with Crippen LogP contribution in [-0.4, -0.2) is 29.7 Å². The predicted molar refractivity (Wildman–Crippen MR) is 100 cm³/mol. The van der Waals surface area contributed by atoms with Gasteiger partial charge in [-0.05, 0) is 42.8 Å². The number of nitrogens with one attached hydrogen (secondary N) is 1. The normalized spacial score (nSPS) is 11.7. The number of esters is 1. The molecule has 1 heterocycles. The first-order valence-corrected chi connectivity index (χ1v) is 9.90. The number of fused-ring (bicyclic) bond motifs is 1. The molecule has 7 nitrogen and oxygen atoms in total. The minimum atomic E-state index is -3.79. The van der Waals surface area contributed by atoms with Gasteiger partial charge in [0.15, 0.2) is 0 Å². The topological polar surface area (TPSA) is 98.2 Å². The lowest BCUT2D eigenvalue weighted by molar-refractivity contribution is -0.137. The Hall–Kier alpha value is -2.78. The van der Waals surface area contributed by atoms with Crippen LogP contribution in [0.15, 0.2) is 53.4 Å². The number of rotatable bonds is 6. The van der Waals surface area contributed by atoms with Crippen LogP contribution in [0.1, 0.15) is 12.5 Å². The first-order valence-electron chi connectivity index (χ1n) is 7.68. The fraction of sp³-hybridized carbons (Fsp3) is 0.118. The van der Waals surface area contributed by atoms with Crippen molar-refractivity contribution in [2.45, 2.75) is 11.8 Å². The third-order valence-corrected chi connectivity index (χ3v) is 5.36. The second-order valence-corrected chi connectivity index (χ2v) is 7.38. The molecular weight excluding hydrogens is 374 g/mol. The Bertz CT molecular complexity index is 1060. The molecule has 0 saturated carbocycles. The summed E-state index contributed by atoms with van der Waals surface area (Å²) in [6.45, 7) is 2.04. The van der Waals surface area contributed by atoms with Gasteiger partial charge in [0, 0.05) is 11.8 Å². The molecule has 3 aromatic rings. The molecule has 0 aliphatic rings. The molecule has 3 rings (SSSR count).